The van der Waals surface area contributed by atoms with Crippen LogP contribution in [0.5, 0.6) is 5.88 Å². The van der Waals surface area contributed by atoms with Crippen LogP contribution < -0.4 is 4.74 Å². The van der Waals surface area contributed by atoms with Crippen molar-refractivity contribution in [3.63, 3.8) is 0 Å². The van der Waals surface area contributed by atoms with Gasteiger partial charge in [-0.1, -0.05) is 50.6 Å². The Kier molecular flexibility index (Phi) is 9.33. The number of unbranched alkanes of at least 4 members (excludes halogenated alkanes) is 5. The van der Waals surface area contributed by atoms with E-state index in [0.29, 0.717) is 36.7 Å². The van der Waals surface area contributed by atoms with Crippen LogP contribution in [0, 0.1) is 0 Å². The molecule has 0 fully saturated rings. The fraction of sp³-hybridized carbons (Fsp3) is 0.733. The predicted molar refractivity (Wildman–Crippen MR) is 81.2 cm³/mol. The van der Waals surface area contributed by atoms with Gasteiger partial charge < -0.3 is 9.47 Å². The summed E-state index contributed by atoms with van der Waals surface area (Å²) >= 11 is 5.94. The lowest BCUT2D eigenvalue weighted by Gasteiger charge is -2.07. The molecule has 1 heterocycles. The molecule has 0 unspecified atom stereocenters. The number of hydrogen-bond donors (Lipinski definition) is 0. The molecule has 1 rings (SSSR count). The van der Waals surface area contributed by atoms with E-state index in [2.05, 4.69) is 16.9 Å². The topological polar surface area (TPSA) is 44.2 Å². The van der Waals surface area contributed by atoms with Crippen LogP contribution in [-0.4, -0.2) is 23.2 Å². The van der Waals surface area contributed by atoms with Gasteiger partial charge in [-0.05, 0) is 13.3 Å². The monoisotopic (exact) mass is 300 g/mol. The highest BCUT2D eigenvalue weighted by atomic mass is 35.5. The first-order valence-electron chi connectivity index (χ1n) is 7.50. The first-order chi connectivity index (χ1) is 9.76. The van der Waals surface area contributed by atoms with Crippen molar-refractivity contribution in [1.29, 1.82) is 0 Å². The van der Waals surface area contributed by atoms with Crippen molar-refractivity contribution in [1.82, 2.24) is 9.97 Å². The summed E-state index contributed by atoms with van der Waals surface area (Å²) in [7, 11) is 0. The Hall–Kier alpha value is -0.870. The summed E-state index contributed by atoms with van der Waals surface area (Å²) in [4.78, 5) is 8.37. The average molecular weight is 301 g/mol. The summed E-state index contributed by atoms with van der Waals surface area (Å²) in [6.45, 7) is 5.82. The van der Waals surface area contributed by atoms with Gasteiger partial charge in [-0.25, -0.2) is 4.98 Å². The van der Waals surface area contributed by atoms with Crippen molar-refractivity contribution in [2.24, 2.45) is 0 Å². The highest BCUT2D eigenvalue weighted by molar-refractivity contribution is 6.29. The van der Waals surface area contributed by atoms with Crippen LogP contribution in [0.15, 0.2) is 6.07 Å². The summed E-state index contributed by atoms with van der Waals surface area (Å²) in [5.41, 5.74) is 0. The maximum atomic E-state index is 5.94. The van der Waals surface area contributed by atoms with Gasteiger partial charge in [0.15, 0.2) is 5.82 Å². The number of halogens is 1. The quantitative estimate of drug-likeness (QED) is 0.448. The van der Waals surface area contributed by atoms with Gasteiger partial charge in [0.05, 0.1) is 6.61 Å². The Morgan fingerprint density at radius 1 is 1.05 bits per heavy atom. The van der Waals surface area contributed by atoms with Crippen molar-refractivity contribution in [3.05, 3.63) is 17.0 Å². The predicted octanol–water partition coefficient (Wildman–Crippen LogP) is 4.41. The second-order valence-corrected chi connectivity index (χ2v) is 5.09. The van der Waals surface area contributed by atoms with E-state index in [4.69, 9.17) is 21.1 Å². The number of ether oxygens (including phenoxy) is 2. The Morgan fingerprint density at radius 3 is 2.55 bits per heavy atom. The first kappa shape index (κ1) is 17.2. The molecule has 0 atom stereocenters. The number of hydrogen-bond acceptors (Lipinski definition) is 4. The second-order valence-electron chi connectivity index (χ2n) is 4.70. The van der Waals surface area contributed by atoms with Crippen molar-refractivity contribution in [2.75, 3.05) is 13.2 Å². The van der Waals surface area contributed by atoms with Gasteiger partial charge in [0.1, 0.15) is 11.8 Å². The smallest absolute Gasteiger partial charge is 0.218 e. The molecule has 0 aliphatic rings. The SMILES string of the molecule is CCCCCCCCOc1cc(Cl)nc(COCC)n1. The van der Waals surface area contributed by atoms with Gasteiger partial charge in [-0.3, -0.25) is 0 Å². The van der Waals surface area contributed by atoms with E-state index in [9.17, 15) is 0 Å². The lowest BCUT2D eigenvalue weighted by Crippen LogP contribution is -2.04. The normalized spacial score (nSPS) is 10.8. The second kappa shape index (κ2) is 10.9. The van der Waals surface area contributed by atoms with Crippen LogP contribution in [0.1, 0.15) is 58.2 Å². The molecule has 114 valence electrons. The molecule has 0 aliphatic heterocycles. The van der Waals surface area contributed by atoms with Crippen LogP contribution >= 0.6 is 11.6 Å². The van der Waals surface area contributed by atoms with E-state index in [-0.39, 0.29) is 0 Å². The van der Waals surface area contributed by atoms with Crippen molar-refractivity contribution in [3.8, 4) is 5.88 Å². The van der Waals surface area contributed by atoms with Gasteiger partial charge in [-0.2, -0.15) is 4.98 Å². The van der Waals surface area contributed by atoms with Crippen LogP contribution in [0.4, 0.5) is 0 Å². The minimum Gasteiger partial charge on any atom is -0.478 e. The fourth-order valence-corrected chi connectivity index (χ4v) is 2.02. The summed E-state index contributed by atoms with van der Waals surface area (Å²) < 4.78 is 10.9. The molecule has 0 aromatic carbocycles. The van der Waals surface area contributed by atoms with E-state index < -0.39 is 0 Å². The molecule has 0 saturated heterocycles. The molecule has 0 bridgehead atoms. The summed E-state index contributed by atoms with van der Waals surface area (Å²) in [6.07, 6.45) is 7.43. The molecule has 0 amide bonds. The fourth-order valence-electron chi connectivity index (χ4n) is 1.83. The van der Waals surface area contributed by atoms with Crippen LogP contribution in [0.25, 0.3) is 0 Å². The van der Waals surface area contributed by atoms with E-state index in [1.54, 1.807) is 6.07 Å². The molecule has 4 nitrogen and oxygen atoms in total. The Balaban J connectivity index is 2.26. The molecule has 20 heavy (non-hydrogen) atoms. The van der Waals surface area contributed by atoms with Crippen LogP contribution in [-0.2, 0) is 11.3 Å². The molecule has 1 aromatic heterocycles. The molecule has 0 aliphatic carbocycles. The molecular weight excluding hydrogens is 276 g/mol. The third kappa shape index (κ3) is 7.65. The molecule has 1 aromatic rings. The number of rotatable bonds is 11. The summed E-state index contributed by atoms with van der Waals surface area (Å²) in [5, 5.41) is 0.396. The summed E-state index contributed by atoms with van der Waals surface area (Å²) in [5.74, 6) is 1.10. The van der Waals surface area contributed by atoms with E-state index in [0.717, 1.165) is 6.42 Å². The maximum Gasteiger partial charge on any atom is 0.218 e. The zero-order valence-corrected chi connectivity index (χ0v) is 13.3. The zero-order valence-electron chi connectivity index (χ0n) is 12.5. The molecule has 0 spiro atoms. The first-order valence-corrected chi connectivity index (χ1v) is 7.88. The van der Waals surface area contributed by atoms with Gasteiger partial charge in [0, 0.05) is 12.7 Å². The van der Waals surface area contributed by atoms with Gasteiger partial charge >= 0.3 is 0 Å². The molecule has 5 heteroatoms. The Labute approximate surface area is 126 Å². The average Bonchev–Trinajstić information content (AvgIpc) is 2.43. The third-order valence-electron chi connectivity index (χ3n) is 2.90. The van der Waals surface area contributed by atoms with Gasteiger partial charge in [-0.15, -0.1) is 0 Å². The van der Waals surface area contributed by atoms with E-state index in [1.165, 1.54) is 32.1 Å². The molecule has 0 radical (unpaired) electrons. The molecular formula is C15H25ClN2O2. The highest BCUT2D eigenvalue weighted by Gasteiger charge is 2.04. The Bertz CT molecular complexity index is 375. The van der Waals surface area contributed by atoms with Gasteiger partial charge in [0.25, 0.3) is 0 Å². The van der Waals surface area contributed by atoms with Crippen LogP contribution in [0.3, 0.4) is 0 Å². The number of aromatic nitrogens is 2. The Morgan fingerprint density at radius 2 is 1.80 bits per heavy atom. The highest BCUT2D eigenvalue weighted by Crippen LogP contribution is 2.15. The number of nitrogens with zero attached hydrogens (tertiary/aromatic N) is 2. The van der Waals surface area contributed by atoms with Crippen molar-refractivity contribution in [2.45, 2.75) is 59.0 Å². The molecule has 0 saturated carbocycles. The van der Waals surface area contributed by atoms with E-state index >= 15 is 0 Å². The van der Waals surface area contributed by atoms with Crippen LogP contribution in [0.2, 0.25) is 5.15 Å². The lowest BCUT2D eigenvalue weighted by molar-refractivity contribution is 0.127. The lowest BCUT2D eigenvalue weighted by atomic mass is 10.1. The maximum absolute atomic E-state index is 5.94. The minimum absolute atomic E-state index is 0.366. The van der Waals surface area contributed by atoms with Gasteiger partial charge in [0.2, 0.25) is 5.88 Å². The zero-order chi connectivity index (χ0) is 14.6. The summed E-state index contributed by atoms with van der Waals surface area (Å²) in [6, 6.07) is 1.65. The minimum atomic E-state index is 0.366. The third-order valence-corrected chi connectivity index (χ3v) is 3.09. The van der Waals surface area contributed by atoms with Crippen molar-refractivity contribution >= 4 is 11.6 Å². The molecule has 0 N–H and O–H groups in total. The van der Waals surface area contributed by atoms with Crippen molar-refractivity contribution < 1.29 is 9.47 Å². The van der Waals surface area contributed by atoms with E-state index in [1.807, 2.05) is 6.92 Å². The largest absolute Gasteiger partial charge is 0.478 e. The standard InChI is InChI=1S/C15H25ClN2O2/c1-3-5-6-7-8-9-10-20-15-11-13(16)17-14(18-15)12-19-4-2/h11H,3-10,12H2,1-2H3.